The number of hydrogen-bond donors (Lipinski definition) is 2. The van der Waals surface area contributed by atoms with E-state index in [-0.39, 0.29) is 34.7 Å². The molecule has 0 heterocycles. The lowest BCUT2D eigenvalue weighted by molar-refractivity contribution is 0.266. The Morgan fingerprint density at radius 3 is 2.25 bits per heavy atom. The molecule has 5 nitrogen and oxygen atoms in total. The van der Waals surface area contributed by atoms with Gasteiger partial charge in [-0.2, -0.15) is 4.31 Å². The van der Waals surface area contributed by atoms with E-state index in [4.69, 9.17) is 33.4 Å². The smallest absolute Gasteiger partial charge is 0.245 e. The topological polar surface area (TPSA) is 77.8 Å². The molecule has 1 aromatic carbocycles. The van der Waals surface area contributed by atoms with Gasteiger partial charge >= 0.3 is 0 Å². The van der Waals surface area contributed by atoms with Crippen LogP contribution in [0.1, 0.15) is 5.56 Å². The number of aliphatic hydroxyl groups excluding tert-OH is 2. The molecule has 110 valence electrons. The maximum absolute atomic E-state index is 12.3. The van der Waals surface area contributed by atoms with Gasteiger partial charge in [0.2, 0.25) is 10.0 Å². The van der Waals surface area contributed by atoms with E-state index in [0.29, 0.717) is 5.56 Å². The molecule has 0 radical (unpaired) electrons. The Labute approximate surface area is 127 Å². The van der Waals surface area contributed by atoms with Gasteiger partial charge in [0.05, 0.1) is 16.7 Å². The molecule has 0 saturated carbocycles. The SMILES string of the molecule is CN(CCO)S(=O)(=O)c1c(Cl)cc(C#CCO)cc1Cl. The van der Waals surface area contributed by atoms with Gasteiger partial charge in [0.1, 0.15) is 11.5 Å². The number of rotatable bonds is 4. The molecule has 0 aliphatic heterocycles. The molecule has 0 amide bonds. The molecule has 0 saturated heterocycles. The van der Waals surface area contributed by atoms with Crippen molar-refractivity contribution in [2.45, 2.75) is 4.90 Å². The highest BCUT2D eigenvalue weighted by Crippen LogP contribution is 2.32. The summed E-state index contributed by atoms with van der Waals surface area (Å²) >= 11 is 11.9. The van der Waals surface area contributed by atoms with E-state index < -0.39 is 10.0 Å². The predicted octanol–water partition coefficient (Wildman–Crippen LogP) is 0.950. The van der Waals surface area contributed by atoms with Crippen LogP contribution in [0.5, 0.6) is 0 Å². The van der Waals surface area contributed by atoms with Crippen LogP contribution in [0, 0.1) is 11.8 Å². The summed E-state index contributed by atoms with van der Waals surface area (Å²) in [5.74, 6) is 5.01. The molecule has 2 N–H and O–H groups in total. The van der Waals surface area contributed by atoms with Crippen molar-refractivity contribution in [1.82, 2.24) is 4.31 Å². The van der Waals surface area contributed by atoms with Crippen molar-refractivity contribution >= 4 is 33.2 Å². The minimum absolute atomic E-state index is 0.0653. The maximum Gasteiger partial charge on any atom is 0.245 e. The molecule has 0 aliphatic carbocycles. The van der Waals surface area contributed by atoms with Gasteiger partial charge in [-0.3, -0.25) is 0 Å². The zero-order valence-electron chi connectivity index (χ0n) is 10.6. The Hall–Kier alpha value is -0.810. The zero-order valence-corrected chi connectivity index (χ0v) is 12.9. The molecule has 8 heteroatoms. The van der Waals surface area contributed by atoms with E-state index in [1.165, 1.54) is 19.2 Å². The fourth-order valence-corrected chi connectivity index (χ4v) is 3.75. The second-order valence-corrected chi connectivity index (χ2v) is 6.58. The summed E-state index contributed by atoms with van der Waals surface area (Å²) in [6.45, 7) is -0.708. The highest BCUT2D eigenvalue weighted by atomic mass is 35.5. The van der Waals surface area contributed by atoms with E-state index in [0.717, 1.165) is 4.31 Å². The summed E-state index contributed by atoms with van der Waals surface area (Å²) in [7, 11) is -2.57. The van der Waals surface area contributed by atoms with Crippen molar-refractivity contribution in [3.05, 3.63) is 27.7 Å². The van der Waals surface area contributed by atoms with Crippen molar-refractivity contribution in [2.75, 3.05) is 26.8 Å². The van der Waals surface area contributed by atoms with Gasteiger partial charge in [-0.1, -0.05) is 35.0 Å². The van der Waals surface area contributed by atoms with Crippen LogP contribution in [0.4, 0.5) is 0 Å². The summed E-state index contributed by atoms with van der Waals surface area (Å²) in [5, 5.41) is 17.3. The molecule has 0 bridgehead atoms. The lowest BCUT2D eigenvalue weighted by atomic mass is 10.2. The number of hydrogen-bond acceptors (Lipinski definition) is 4. The first-order chi connectivity index (χ1) is 9.34. The van der Waals surface area contributed by atoms with Crippen LogP contribution in [0.25, 0.3) is 0 Å². The highest BCUT2D eigenvalue weighted by Gasteiger charge is 2.26. The first-order valence-electron chi connectivity index (χ1n) is 5.50. The molecule has 0 unspecified atom stereocenters. The van der Waals surface area contributed by atoms with Gasteiger partial charge in [-0.15, -0.1) is 0 Å². The predicted molar refractivity (Wildman–Crippen MR) is 77.3 cm³/mol. The van der Waals surface area contributed by atoms with Crippen LogP contribution in [0.2, 0.25) is 10.0 Å². The van der Waals surface area contributed by atoms with Crippen LogP contribution < -0.4 is 0 Å². The minimum atomic E-state index is -3.89. The molecule has 0 aromatic heterocycles. The Balaban J connectivity index is 3.34. The summed E-state index contributed by atoms with van der Waals surface area (Å²) in [6.07, 6.45) is 0. The normalized spacial score (nSPS) is 11.3. The number of nitrogens with zero attached hydrogens (tertiary/aromatic N) is 1. The molecular formula is C12H13Cl2NO4S. The van der Waals surface area contributed by atoms with E-state index in [1.807, 2.05) is 0 Å². The summed E-state index contributed by atoms with van der Waals surface area (Å²) in [4.78, 5) is -0.230. The van der Waals surface area contributed by atoms with Gasteiger partial charge in [-0.25, -0.2) is 8.42 Å². The van der Waals surface area contributed by atoms with Gasteiger partial charge in [0.15, 0.2) is 0 Å². The third-order valence-electron chi connectivity index (χ3n) is 2.39. The second kappa shape index (κ2) is 7.27. The number of sulfonamides is 1. The van der Waals surface area contributed by atoms with Crippen LogP contribution in [0.3, 0.4) is 0 Å². The largest absolute Gasteiger partial charge is 0.395 e. The molecule has 0 aliphatic rings. The Morgan fingerprint density at radius 2 is 1.80 bits per heavy atom. The van der Waals surface area contributed by atoms with Crippen LogP contribution >= 0.6 is 23.2 Å². The molecular weight excluding hydrogens is 325 g/mol. The first-order valence-corrected chi connectivity index (χ1v) is 7.70. The minimum Gasteiger partial charge on any atom is -0.395 e. The average molecular weight is 338 g/mol. The van der Waals surface area contributed by atoms with E-state index in [9.17, 15) is 8.42 Å². The third kappa shape index (κ3) is 3.85. The fraction of sp³-hybridized carbons (Fsp3) is 0.333. The van der Waals surface area contributed by atoms with Crippen molar-refractivity contribution in [3.63, 3.8) is 0 Å². The lowest BCUT2D eigenvalue weighted by Gasteiger charge is -2.17. The van der Waals surface area contributed by atoms with Crippen molar-refractivity contribution in [3.8, 4) is 11.8 Å². The fourth-order valence-electron chi connectivity index (χ4n) is 1.44. The Morgan fingerprint density at radius 1 is 1.25 bits per heavy atom. The van der Waals surface area contributed by atoms with Crippen molar-refractivity contribution < 1.29 is 18.6 Å². The Kier molecular flexibility index (Phi) is 6.27. The highest BCUT2D eigenvalue weighted by molar-refractivity contribution is 7.89. The number of halogens is 2. The molecule has 1 rings (SSSR count). The number of likely N-dealkylation sites (N-methyl/N-ethyl adjacent to an activating group) is 1. The van der Waals surface area contributed by atoms with Crippen molar-refractivity contribution in [1.29, 1.82) is 0 Å². The van der Waals surface area contributed by atoms with Crippen LogP contribution in [-0.2, 0) is 10.0 Å². The Bertz CT molecular complexity index is 626. The summed E-state index contributed by atoms with van der Waals surface area (Å²) < 4.78 is 25.5. The third-order valence-corrected chi connectivity index (χ3v) is 5.17. The molecule has 0 fully saturated rings. The molecule has 1 aromatic rings. The standard InChI is InChI=1S/C12H13Cl2NO4S/c1-15(4-6-17)20(18,19)12-10(13)7-9(3-2-5-16)8-11(12)14/h7-8,16-17H,4-6H2,1H3. The van der Waals surface area contributed by atoms with Crippen LogP contribution in [0.15, 0.2) is 17.0 Å². The van der Waals surface area contributed by atoms with E-state index in [1.54, 1.807) is 0 Å². The first kappa shape index (κ1) is 17.2. The summed E-state index contributed by atoms with van der Waals surface area (Å²) in [5.41, 5.74) is 0.401. The molecule has 20 heavy (non-hydrogen) atoms. The zero-order chi connectivity index (χ0) is 15.3. The quantitative estimate of drug-likeness (QED) is 0.802. The monoisotopic (exact) mass is 337 g/mol. The van der Waals surface area contributed by atoms with E-state index >= 15 is 0 Å². The molecule has 0 atom stereocenters. The average Bonchev–Trinajstić information content (AvgIpc) is 2.35. The molecule has 0 spiro atoms. The lowest BCUT2D eigenvalue weighted by Crippen LogP contribution is -2.30. The van der Waals surface area contributed by atoms with Crippen LogP contribution in [-0.4, -0.2) is 49.7 Å². The maximum atomic E-state index is 12.3. The number of benzene rings is 1. The number of aliphatic hydroxyl groups is 2. The summed E-state index contributed by atoms with van der Waals surface area (Å²) in [6, 6.07) is 2.71. The van der Waals surface area contributed by atoms with Crippen molar-refractivity contribution in [2.24, 2.45) is 0 Å². The van der Waals surface area contributed by atoms with E-state index in [2.05, 4.69) is 11.8 Å². The van der Waals surface area contributed by atoms with Gasteiger partial charge in [-0.05, 0) is 12.1 Å². The van der Waals surface area contributed by atoms with Gasteiger partial charge in [0.25, 0.3) is 0 Å². The van der Waals surface area contributed by atoms with Gasteiger partial charge < -0.3 is 10.2 Å². The second-order valence-electron chi connectivity index (χ2n) is 3.78. The van der Waals surface area contributed by atoms with Gasteiger partial charge in [0, 0.05) is 19.2 Å².